The van der Waals surface area contributed by atoms with Crippen LogP contribution < -0.4 is 9.64 Å². The molecule has 3 aliphatic carbocycles. The molecule has 0 aromatic heterocycles. The number of imide groups is 1. The minimum atomic E-state index is -0.535. The Hall–Kier alpha value is -3.40. The quantitative estimate of drug-likeness (QED) is 0.609. The Morgan fingerprint density at radius 1 is 0.833 bits per heavy atom. The average molecular weight is 395 g/mol. The molecule has 4 heteroatoms. The van der Waals surface area contributed by atoms with Gasteiger partial charge in [-0.3, -0.25) is 9.59 Å². The van der Waals surface area contributed by atoms with Gasteiger partial charge in [-0.15, -0.1) is 0 Å². The SMILES string of the molecule is COc1cccc(N2C(=O)[C@@H]3C4c5ccccc5C(C)(c5ccccc54)[C@@H]3C2=O)c1. The summed E-state index contributed by atoms with van der Waals surface area (Å²) < 4.78 is 5.33. The first-order chi connectivity index (χ1) is 14.6. The fourth-order valence-corrected chi connectivity index (χ4v) is 6.15. The zero-order valence-corrected chi connectivity index (χ0v) is 16.8. The molecule has 0 saturated carbocycles. The molecule has 1 saturated heterocycles. The number of carbonyl (C=O) groups is 2. The van der Waals surface area contributed by atoms with Crippen molar-refractivity contribution in [1.29, 1.82) is 0 Å². The van der Waals surface area contributed by atoms with Gasteiger partial charge in [0.25, 0.3) is 0 Å². The molecule has 1 heterocycles. The highest BCUT2D eigenvalue weighted by Gasteiger charge is 2.66. The number of methoxy groups -OCH3 is 1. The Morgan fingerprint density at radius 2 is 1.47 bits per heavy atom. The molecule has 0 spiro atoms. The van der Waals surface area contributed by atoms with Crippen LogP contribution in [0.15, 0.2) is 72.8 Å². The molecule has 30 heavy (non-hydrogen) atoms. The first kappa shape index (κ1) is 17.5. The maximum absolute atomic E-state index is 13.8. The van der Waals surface area contributed by atoms with Gasteiger partial charge in [0.05, 0.1) is 24.6 Å². The van der Waals surface area contributed by atoms with Crippen molar-refractivity contribution in [3.63, 3.8) is 0 Å². The first-order valence-corrected chi connectivity index (χ1v) is 10.3. The van der Waals surface area contributed by atoms with E-state index in [2.05, 4.69) is 31.2 Å². The van der Waals surface area contributed by atoms with Crippen LogP contribution in [0.5, 0.6) is 5.75 Å². The molecule has 2 atom stereocenters. The number of nitrogens with zero attached hydrogens (tertiary/aromatic N) is 1. The summed E-state index contributed by atoms with van der Waals surface area (Å²) in [5.74, 6) is -0.502. The van der Waals surface area contributed by atoms with Crippen LogP contribution in [-0.4, -0.2) is 18.9 Å². The lowest BCUT2D eigenvalue weighted by atomic mass is 9.48. The molecule has 0 radical (unpaired) electrons. The van der Waals surface area contributed by atoms with E-state index in [9.17, 15) is 9.59 Å². The summed E-state index contributed by atoms with van der Waals surface area (Å²) in [6.07, 6.45) is 0. The van der Waals surface area contributed by atoms with Crippen LogP contribution in [-0.2, 0) is 15.0 Å². The van der Waals surface area contributed by atoms with Crippen molar-refractivity contribution < 1.29 is 14.3 Å². The van der Waals surface area contributed by atoms with Crippen LogP contribution >= 0.6 is 0 Å². The van der Waals surface area contributed by atoms with Crippen LogP contribution in [0.1, 0.15) is 35.1 Å². The van der Waals surface area contributed by atoms with Gasteiger partial charge >= 0.3 is 0 Å². The third kappa shape index (κ3) is 1.91. The molecule has 1 aliphatic heterocycles. The summed E-state index contributed by atoms with van der Waals surface area (Å²) >= 11 is 0. The Kier molecular flexibility index (Phi) is 3.39. The molecular weight excluding hydrogens is 374 g/mol. The monoisotopic (exact) mass is 395 g/mol. The van der Waals surface area contributed by atoms with Crippen LogP contribution in [0.3, 0.4) is 0 Å². The number of hydrogen-bond donors (Lipinski definition) is 0. The largest absolute Gasteiger partial charge is 0.497 e. The van der Waals surface area contributed by atoms with Crippen molar-refractivity contribution in [2.45, 2.75) is 18.3 Å². The predicted molar refractivity (Wildman–Crippen MR) is 114 cm³/mol. The van der Waals surface area contributed by atoms with E-state index in [1.54, 1.807) is 19.2 Å². The molecular formula is C26H21NO3. The minimum absolute atomic E-state index is 0.101. The number of rotatable bonds is 2. The van der Waals surface area contributed by atoms with Gasteiger partial charge in [0, 0.05) is 17.4 Å². The molecule has 2 amide bonds. The number of hydrogen-bond acceptors (Lipinski definition) is 3. The summed E-state index contributed by atoms with van der Waals surface area (Å²) in [7, 11) is 1.58. The standard InChI is InChI=1S/C26H21NO3/c1-26-19-12-5-3-10-17(19)21(18-11-4-6-13-20(18)26)22-23(26)25(29)27(24(22)28)15-8-7-9-16(14-15)30-2/h3-14,21-23H,1-2H3/t21?,22-,23+,26?/m1/s1. The highest BCUT2D eigenvalue weighted by atomic mass is 16.5. The predicted octanol–water partition coefficient (Wildman–Crippen LogP) is 4.27. The van der Waals surface area contributed by atoms with Gasteiger partial charge in [-0.25, -0.2) is 4.90 Å². The van der Waals surface area contributed by atoms with Crippen molar-refractivity contribution in [3.8, 4) is 5.75 Å². The van der Waals surface area contributed by atoms with Crippen LogP contribution in [0.2, 0.25) is 0 Å². The summed E-state index contributed by atoms with van der Waals surface area (Å²) in [5, 5.41) is 0. The number of benzene rings is 3. The topological polar surface area (TPSA) is 46.6 Å². The lowest BCUT2D eigenvalue weighted by Gasteiger charge is -2.52. The number of ether oxygens (including phenoxy) is 1. The molecule has 4 nitrogen and oxygen atoms in total. The summed E-state index contributed by atoms with van der Waals surface area (Å²) in [4.78, 5) is 29.0. The Labute approximate surface area is 175 Å². The van der Waals surface area contributed by atoms with E-state index in [1.165, 1.54) is 27.2 Å². The van der Waals surface area contributed by atoms with E-state index < -0.39 is 17.3 Å². The van der Waals surface area contributed by atoms with E-state index >= 15 is 0 Å². The molecule has 0 N–H and O–H groups in total. The van der Waals surface area contributed by atoms with Crippen LogP contribution in [0, 0.1) is 11.8 Å². The van der Waals surface area contributed by atoms with Gasteiger partial charge in [0.15, 0.2) is 0 Å². The van der Waals surface area contributed by atoms with Crippen LogP contribution in [0.4, 0.5) is 5.69 Å². The Morgan fingerprint density at radius 3 is 2.10 bits per heavy atom. The fourth-order valence-electron chi connectivity index (χ4n) is 6.15. The van der Waals surface area contributed by atoms with Crippen molar-refractivity contribution in [1.82, 2.24) is 0 Å². The summed E-state index contributed by atoms with van der Waals surface area (Å²) in [5.41, 5.74) is 4.73. The smallest absolute Gasteiger partial charge is 0.238 e. The van der Waals surface area contributed by atoms with Crippen molar-refractivity contribution >= 4 is 17.5 Å². The second-order valence-corrected chi connectivity index (χ2v) is 8.57. The zero-order chi connectivity index (χ0) is 20.6. The number of carbonyl (C=O) groups excluding carboxylic acids is 2. The summed E-state index contributed by atoms with van der Waals surface area (Å²) in [6.45, 7) is 2.14. The normalized spacial score (nSPS) is 28.2. The number of anilines is 1. The fraction of sp³-hybridized carbons (Fsp3) is 0.231. The zero-order valence-electron chi connectivity index (χ0n) is 16.8. The lowest BCUT2D eigenvalue weighted by Crippen LogP contribution is -2.51. The van der Waals surface area contributed by atoms with Crippen LogP contribution in [0.25, 0.3) is 0 Å². The molecule has 3 aromatic rings. The minimum Gasteiger partial charge on any atom is -0.497 e. The van der Waals surface area contributed by atoms with E-state index in [0.717, 1.165) is 0 Å². The maximum atomic E-state index is 13.8. The van der Waals surface area contributed by atoms with E-state index in [-0.39, 0.29) is 17.7 Å². The van der Waals surface area contributed by atoms with Crippen molar-refractivity contribution in [2.24, 2.45) is 11.8 Å². The molecule has 148 valence electrons. The van der Waals surface area contributed by atoms with Crippen molar-refractivity contribution in [2.75, 3.05) is 12.0 Å². The molecule has 7 rings (SSSR count). The van der Waals surface area contributed by atoms with E-state index in [1.807, 2.05) is 36.4 Å². The third-order valence-corrected chi connectivity index (χ3v) is 7.35. The molecule has 1 fully saturated rings. The van der Waals surface area contributed by atoms with Gasteiger partial charge in [-0.05, 0) is 34.4 Å². The highest BCUT2D eigenvalue weighted by Crippen LogP contribution is 2.64. The third-order valence-electron chi connectivity index (χ3n) is 7.35. The van der Waals surface area contributed by atoms with E-state index in [4.69, 9.17) is 4.74 Å². The van der Waals surface area contributed by atoms with Gasteiger partial charge in [0.1, 0.15) is 5.75 Å². The Bertz CT molecular complexity index is 1180. The molecule has 0 unspecified atom stereocenters. The first-order valence-electron chi connectivity index (χ1n) is 10.3. The maximum Gasteiger partial charge on any atom is 0.238 e. The van der Waals surface area contributed by atoms with Gasteiger partial charge in [0.2, 0.25) is 11.8 Å². The van der Waals surface area contributed by atoms with Crippen molar-refractivity contribution in [3.05, 3.63) is 95.1 Å². The highest BCUT2D eigenvalue weighted by molar-refractivity contribution is 6.23. The molecule has 4 aliphatic rings. The van der Waals surface area contributed by atoms with Gasteiger partial charge in [-0.2, -0.15) is 0 Å². The Balaban J connectivity index is 1.60. The summed E-state index contributed by atoms with van der Waals surface area (Å²) in [6, 6.07) is 23.8. The van der Waals surface area contributed by atoms with Gasteiger partial charge in [-0.1, -0.05) is 61.5 Å². The second kappa shape index (κ2) is 5.82. The second-order valence-electron chi connectivity index (χ2n) is 8.57. The number of amides is 2. The molecule has 2 bridgehead atoms. The molecule has 3 aromatic carbocycles. The van der Waals surface area contributed by atoms with E-state index in [0.29, 0.717) is 11.4 Å². The lowest BCUT2D eigenvalue weighted by molar-refractivity contribution is -0.123. The van der Waals surface area contributed by atoms with Gasteiger partial charge < -0.3 is 4.74 Å². The average Bonchev–Trinajstić information content (AvgIpc) is 3.06.